The van der Waals surface area contributed by atoms with E-state index in [4.69, 9.17) is 5.26 Å². The van der Waals surface area contributed by atoms with E-state index in [0.29, 0.717) is 18.7 Å². The van der Waals surface area contributed by atoms with Gasteiger partial charge in [-0.15, -0.1) is 0 Å². The molecule has 1 N–H and O–H groups in total. The molecule has 1 aromatic heterocycles. The molecule has 0 unspecified atom stereocenters. The number of rotatable bonds is 2. The van der Waals surface area contributed by atoms with Gasteiger partial charge in [-0.3, -0.25) is 14.8 Å². The summed E-state index contributed by atoms with van der Waals surface area (Å²) in [7, 11) is 0. The Morgan fingerprint density at radius 3 is 2.61 bits per heavy atom. The summed E-state index contributed by atoms with van der Waals surface area (Å²) < 4.78 is 0. The fourth-order valence-corrected chi connectivity index (χ4v) is 2.09. The summed E-state index contributed by atoms with van der Waals surface area (Å²) in [6.07, 6.45) is 3.14. The highest BCUT2D eigenvalue weighted by atomic mass is 16.2. The number of nitrogens with zero attached hydrogens (tertiary/aromatic N) is 4. The minimum atomic E-state index is -0.467. The summed E-state index contributed by atoms with van der Waals surface area (Å²) in [4.78, 5) is 16.0. The third-order valence-corrected chi connectivity index (χ3v) is 3.38. The highest BCUT2D eigenvalue weighted by Gasteiger charge is 2.31. The first-order valence-electron chi connectivity index (χ1n) is 5.99. The van der Waals surface area contributed by atoms with E-state index in [9.17, 15) is 4.79 Å². The number of hydrogen-bond donors (Lipinski definition) is 1. The van der Waals surface area contributed by atoms with E-state index in [0.717, 1.165) is 13.1 Å². The van der Waals surface area contributed by atoms with E-state index >= 15 is 0 Å². The van der Waals surface area contributed by atoms with Crippen LogP contribution in [0, 0.1) is 11.3 Å². The van der Waals surface area contributed by atoms with Gasteiger partial charge in [0.25, 0.3) is 5.91 Å². The summed E-state index contributed by atoms with van der Waals surface area (Å²) in [6.45, 7) is 6.56. The van der Waals surface area contributed by atoms with Crippen LogP contribution in [-0.4, -0.2) is 57.6 Å². The molecule has 1 saturated heterocycles. The lowest BCUT2D eigenvalue weighted by Gasteiger charge is -2.40. The monoisotopic (exact) mass is 247 g/mol. The maximum Gasteiger partial charge on any atom is 0.257 e. The topological polar surface area (TPSA) is 76.0 Å². The molecule has 0 atom stereocenters. The maximum atomic E-state index is 12.1. The third-order valence-electron chi connectivity index (χ3n) is 3.38. The van der Waals surface area contributed by atoms with Gasteiger partial charge in [-0.2, -0.15) is 10.4 Å². The summed E-state index contributed by atoms with van der Waals surface area (Å²) in [6, 6.07) is 2.29. The minimum absolute atomic E-state index is 0.00170. The second kappa shape index (κ2) is 4.78. The SMILES string of the molecule is CC(C)(C#N)N1CCN(C(=O)c2cn[nH]c2)CC1. The highest BCUT2D eigenvalue weighted by Crippen LogP contribution is 2.16. The van der Waals surface area contributed by atoms with Gasteiger partial charge in [0.2, 0.25) is 0 Å². The molecule has 1 fully saturated rings. The summed E-state index contributed by atoms with van der Waals surface area (Å²) >= 11 is 0. The van der Waals surface area contributed by atoms with Crippen molar-refractivity contribution in [3.63, 3.8) is 0 Å². The lowest BCUT2D eigenvalue weighted by molar-refractivity contribution is 0.0521. The van der Waals surface area contributed by atoms with Crippen molar-refractivity contribution in [2.45, 2.75) is 19.4 Å². The Hall–Kier alpha value is -1.87. The predicted molar refractivity (Wildman–Crippen MR) is 65.8 cm³/mol. The first-order valence-corrected chi connectivity index (χ1v) is 5.99. The van der Waals surface area contributed by atoms with Crippen molar-refractivity contribution in [2.24, 2.45) is 0 Å². The molecular formula is C12H17N5O. The van der Waals surface area contributed by atoms with E-state index in [1.54, 1.807) is 11.1 Å². The van der Waals surface area contributed by atoms with Crippen molar-refractivity contribution >= 4 is 5.91 Å². The lowest BCUT2D eigenvalue weighted by Crippen LogP contribution is -2.55. The second-order valence-electron chi connectivity index (χ2n) is 4.94. The van der Waals surface area contributed by atoms with Crippen molar-refractivity contribution in [1.29, 1.82) is 5.26 Å². The second-order valence-corrected chi connectivity index (χ2v) is 4.94. The average molecular weight is 247 g/mol. The highest BCUT2D eigenvalue weighted by molar-refractivity contribution is 5.93. The molecule has 18 heavy (non-hydrogen) atoms. The van der Waals surface area contributed by atoms with E-state index in [1.807, 2.05) is 13.8 Å². The average Bonchev–Trinajstić information content (AvgIpc) is 2.92. The van der Waals surface area contributed by atoms with E-state index in [2.05, 4.69) is 21.2 Å². The number of hydrogen-bond acceptors (Lipinski definition) is 4. The summed E-state index contributed by atoms with van der Waals surface area (Å²) in [5.74, 6) is -0.00170. The number of aromatic amines is 1. The van der Waals surface area contributed by atoms with Crippen LogP contribution in [0.4, 0.5) is 0 Å². The van der Waals surface area contributed by atoms with Crippen molar-refractivity contribution in [1.82, 2.24) is 20.0 Å². The van der Waals surface area contributed by atoms with Crippen molar-refractivity contribution < 1.29 is 4.79 Å². The number of carbonyl (C=O) groups is 1. The molecule has 1 amide bonds. The zero-order valence-electron chi connectivity index (χ0n) is 10.7. The van der Waals surface area contributed by atoms with Gasteiger partial charge in [0.15, 0.2) is 0 Å². The minimum Gasteiger partial charge on any atom is -0.336 e. The lowest BCUT2D eigenvalue weighted by atomic mass is 10.0. The Morgan fingerprint density at radius 2 is 2.11 bits per heavy atom. The van der Waals surface area contributed by atoms with Crippen LogP contribution >= 0.6 is 0 Å². The van der Waals surface area contributed by atoms with E-state index < -0.39 is 5.54 Å². The molecule has 0 spiro atoms. The van der Waals surface area contributed by atoms with Gasteiger partial charge in [-0.05, 0) is 13.8 Å². The molecule has 6 heteroatoms. The predicted octanol–water partition coefficient (Wildman–Crippen LogP) is 0.470. The molecule has 6 nitrogen and oxygen atoms in total. The quantitative estimate of drug-likeness (QED) is 0.824. The van der Waals surface area contributed by atoms with Crippen LogP contribution < -0.4 is 0 Å². The molecule has 0 aliphatic carbocycles. The van der Waals surface area contributed by atoms with Crippen molar-refractivity contribution in [3.05, 3.63) is 18.0 Å². The molecule has 1 aromatic rings. The van der Waals surface area contributed by atoms with Gasteiger partial charge in [0.05, 0.1) is 17.8 Å². The number of aromatic nitrogens is 2. The molecule has 1 aliphatic rings. The zero-order valence-corrected chi connectivity index (χ0v) is 10.7. The number of H-pyrrole nitrogens is 1. The smallest absolute Gasteiger partial charge is 0.257 e. The fourth-order valence-electron chi connectivity index (χ4n) is 2.09. The van der Waals surface area contributed by atoms with Crippen molar-refractivity contribution in [2.75, 3.05) is 26.2 Å². The van der Waals surface area contributed by atoms with Crippen LogP contribution in [0.2, 0.25) is 0 Å². The van der Waals surface area contributed by atoms with Gasteiger partial charge >= 0.3 is 0 Å². The number of nitrogens with one attached hydrogen (secondary N) is 1. The molecule has 0 saturated carbocycles. The Labute approximate surface area is 106 Å². The number of carbonyl (C=O) groups excluding carboxylic acids is 1. The van der Waals surface area contributed by atoms with Gasteiger partial charge < -0.3 is 4.90 Å². The van der Waals surface area contributed by atoms with E-state index in [-0.39, 0.29) is 5.91 Å². The van der Waals surface area contributed by atoms with E-state index in [1.165, 1.54) is 6.20 Å². The Morgan fingerprint density at radius 1 is 1.44 bits per heavy atom. The number of piperazine rings is 1. The molecule has 2 heterocycles. The van der Waals surface area contributed by atoms with Gasteiger partial charge in [-0.1, -0.05) is 0 Å². The third kappa shape index (κ3) is 2.36. The molecule has 0 bridgehead atoms. The molecule has 0 radical (unpaired) electrons. The first kappa shape index (κ1) is 12.6. The van der Waals surface area contributed by atoms with Crippen LogP contribution in [-0.2, 0) is 0 Å². The Kier molecular flexibility index (Phi) is 3.34. The van der Waals surface area contributed by atoms with Crippen LogP contribution in [0.1, 0.15) is 24.2 Å². The van der Waals surface area contributed by atoms with Gasteiger partial charge in [-0.25, -0.2) is 0 Å². The zero-order chi connectivity index (χ0) is 13.2. The molecule has 96 valence electrons. The molecule has 2 rings (SSSR count). The van der Waals surface area contributed by atoms with Gasteiger partial charge in [0, 0.05) is 32.4 Å². The largest absolute Gasteiger partial charge is 0.336 e. The normalized spacial score (nSPS) is 17.5. The Bertz CT molecular complexity index is 451. The molecular weight excluding hydrogens is 230 g/mol. The van der Waals surface area contributed by atoms with Crippen LogP contribution in [0.5, 0.6) is 0 Å². The summed E-state index contributed by atoms with van der Waals surface area (Å²) in [5.41, 5.74) is 0.119. The standard InChI is InChI=1S/C12H17N5O/c1-12(2,9-13)17-5-3-16(4-6-17)11(18)10-7-14-15-8-10/h7-8H,3-6H2,1-2H3,(H,14,15). The van der Waals surface area contributed by atoms with Crippen LogP contribution in [0.15, 0.2) is 12.4 Å². The number of nitriles is 1. The maximum absolute atomic E-state index is 12.1. The number of amides is 1. The van der Waals surface area contributed by atoms with Gasteiger partial charge in [0.1, 0.15) is 5.54 Å². The fraction of sp³-hybridized carbons (Fsp3) is 0.583. The Balaban J connectivity index is 1.96. The van der Waals surface area contributed by atoms with Crippen molar-refractivity contribution in [3.8, 4) is 6.07 Å². The first-order chi connectivity index (χ1) is 8.54. The molecule has 1 aliphatic heterocycles. The molecule has 0 aromatic carbocycles. The summed E-state index contributed by atoms with van der Waals surface area (Å²) in [5, 5.41) is 15.5. The van der Waals surface area contributed by atoms with Crippen LogP contribution in [0.25, 0.3) is 0 Å². The van der Waals surface area contributed by atoms with Crippen LogP contribution in [0.3, 0.4) is 0 Å².